The minimum absolute atomic E-state index is 0.00362. The molecule has 1 aliphatic carbocycles. The molecule has 8 heteroatoms. The number of rotatable bonds is 3. The van der Waals surface area contributed by atoms with Gasteiger partial charge in [0.05, 0.1) is 30.4 Å². The Balaban J connectivity index is 1.67. The number of benzene rings is 2. The molecule has 0 unspecified atom stereocenters. The molecule has 2 aromatic carbocycles. The van der Waals surface area contributed by atoms with E-state index in [1.807, 2.05) is 24.3 Å². The molecule has 7 nitrogen and oxygen atoms in total. The Morgan fingerprint density at radius 3 is 2.82 bits per heavy atom. The number of anilines is 3. The van der Waals surface area contributed by atoms with Crippen LogP contribution in [0.5, 0.6) is 5.75 Å². The van der Waals surface area contributed by atoms with Crippen LogP contribution < -0.4 is 20.3 Å². The average molecular weight is 464 g/mol. The van der Waals surface area contributed by atoms with Crippen molar-refractivity contribution in [3.8, 4) is 5.75 Å². The number of methoxy groups -OCH3 is 1. The van der Waals surface area contributed by atoms with Crippen LogP contribution in [0.3, 0.4) is 0 Å². The highest BCUT2D eigenvalue weighted by molar-refractivity contribution is 6.31. The van der Waals surface area contributed by atoms with Crippen molar-refractivity contribution in [2.24, 2.45) is 0 Å². The van der Waals surface area contributed by atoms with E-state index in [0.29, 0.717) is 46.3 Å². The van der Waals surface area contributed by atoms with Crippen molar-refractivity contribution in [2.45, 2.75) is 25.3 Å². The molecule has 0 fully saturated rings. The van der Waals surface area contributed by atoms with E-state index in [1.54, 1.807) is 41.5 Å². The number of fused-ring (bicyclic) bond motifs is 1. The molecule has 33 heavy (non-hydrogen) atoms. The largest absolute Gasteiger partial charge is 0.495 e. The molecule has 1 aromatic heterocycles. The Morgan fingerprint density at radius 1 is 1.18 bits per heavy atom. The lowest BCUT2D eigenvalue weighted by molar-refractivity contribution is -0.116. The number of nitrogens with one attached hydrogen (secondary N) is 2. The maximum absolute atomic E-state index is 13.9. The van der Waals surface area contributed by atoms with Crippen molar-refractivity contribution in [1.29, 1.82) is 0 Å². The van der Waals surface area contributed by atoms with Gasteiger partial charge in [0, 0.05) is 22.7 Å². The molecule has 0 saturated heterocycles. The van der Waals surface area contributed by atoms with Crippen molar-refractivity contribution in [3.63, 3.8) is 0 Å². The standard InChI is InChI=1S/C25H22ClN3O4/c1-32-21-12-11-15(26)14-18(21)28-25(31)29-19-8-3-2-6-16(19)27-17-7-4-9-20(30)23(17)24(29)22-10-5-13-33-22/h2-3,5-6,8,10-14,24,27H,4,7,9H2,1H3,(H,28,31)/t24-/m1/s1. The van der Waals surface area contributed by atoms with Crippen LogP contribution in [0.4, 0.5) is 21.9 Å². The van der Waals surface area contributed by atoms with Gasteiger partial charge < -0.3 is 19.8 Å². The lowest BCUT2D eigenvalue weighted by Gasteiger charge is -2.32. The van der Waals surface area contributed by atoms with Gasteiger partial charge >= 0.3 is 6.03 Å². The van der Waals surface area contributed by atoms with Crippen LogP contribution in [0.2, 0.25) is 5.02 Å². The number of para-hydroxylation sites is 2. The minimum Gasteiger partial charge on any atom is -0.495 e. The zero-order valence-electron chi connectivity index (χ0n) is 17.9. The molecule has 5 rings (SSSR count). The third-order valence-electron chi connectivity index (χ3n) is 5.87. The van der Waals surface area contributed by atoms with Crippen LogP contribution in [-0.2, 0) is 4.79 Å². The highest BCUT2D eigenvalue weighted by Crippen LogP contribution is 2.45. The molecular weight excluding hydrogens is 442 g/mol. The molecule has 0 spiro atoms. The third-order valence-corrected chi connectivity index (χ3v) is 6.11. The Kier molecular flexibility index (Phi) is 5.56. The van der Waals surface area contributed by atoms with Gasteiger partial charge in [-0.15, -0.1) is 0 Å². The second-order valence-corrected chi connectivity index (χ2v) is 8.31. The number of allylic oxidation sites excluding steroid dienone is 1. The van der Waals surface area contributed by atoms with Gasteiger partial charge in [-0.05, 0) is 55.3 Å². The molecule has 0 radical (unpaired) electrons. The van der Waals surface area contributed by atoms with Gasteiger partial charge in [-0.3, -0.25) is 9.69 Å². The van der Waals surface area contributed by atoms with Gasteiger partial charge in [-0.1, -0.05) is 23.7 Å². The van der Waals surface area contributed by atoms with E-state index >= 15 is 0 Å². The van der Waals surface area contributed by atoms with Crippen molar-refractivity contribution in [1.82, 2.24) is 0 Å². The quantitative estimate of drug-likeness (QED) is 0.486. The van der Waals surface area contributed by atoms with Crippen molar-refractivity contribution >= 4 is 40.5 Å². The summed E-state index contributed by atoms with van der Waals surface area (Å²) in [6.07, 6.45) is 3.43. The highest BCUT2D eigenvalue weighted by atomic mass is 35.5. The highest BCUT2D eigenvalue weighted by Gasteiger charge is 2.41. The first-order chi connectivity index (χ1) is 16.1. The lowest BCUT2D eigenvalue weighted by atomic mass is 9.88. The zero-order valence-corrected chi connectivity index (χ0v) is 18.7. The Morgan fingerprint density at radius 2 is 2.03 bits per heavy atom. The fourth-order valence-electron chi connectivity index (χ4n) is 4.43. The zero-order chi connectivity index (χ0) is 22.9. The summed E-state index contributed by atoms with van der Waals surface area (Å²) in [6, 6.07) is 14.8. The summed E-state index contributed by atoms with van der Waals surface area (Å²) in [4.78, 5) is 28.6. The molecule has 2 N–H and O–H groups in total. The molecule has 2 aliphatic rings. The first kappa shape index (κ1) is 21.2. The normalized spacial score (nSPS) is 17.6. The summed E-state index contributed by atoms with van der Waals surface area (Å²) in [5, 5.41) is 6.79. The smallest absolute Gasteiger partial charge is 0.327 e. The third kappa shape index (κ3) is 3.85. The van der Waals surface area contributed by atoms with E-state index in [-0.39, 0.29) is 5.78 Å². The molecule has 1 atom stereocenters. The number of halogens is 1. The number of carbonyl (C=O) groups is 2. The van der Waals surface area contributed by atoms with E-state index in [0.717, 1.165) is 17.8 Å². The number of nitrogens with zero attached hydrogens (tertiary/aromatic N) is 1. The molecule has 0 bridgehead atoms. The van der Waals surface area contributed by atoms with E-state index in [4.69, 9.17) is 20.8 Å². The van der Waals surface area contributed by atoms with E-state index in [1.165, 1.54) is 7.11 Å². The van der Waals surface area contributed by atoms with Crippen LogP contribution in [0.1, 0.15) is 31.1 Å². The minimum atomic E-state index is -0.732. The van der Waals surface area contributed by atoms with Gasteiger partial charge in [0.15, 0.2) is 5.78 Å². The number of furan rings is 1. The number of Topliss-reactive ketones (excluding diaryl/α,β-unsaturated/α-hetero) is 1. The predicted octanol–water partition coefficient (Wildman–Crippen LogP) is 6.15. The molecule has 168 valence electrons. The first-order valence-electron chi connectivity index (χ1n) is 10.7. The van der Waals surface area contributed by atoms with Gasteiger partial charge in [-0.2, -0.15) is 0 Å². The fourth-order valence-corrected chi connectivity index (χ4v) is 4.60. The maximum Gasteiger partial charge on any atom is 0.327 e. The SMILES string of the molecule is COc1ccc(Cl)cc1NC(=O)N1c2ccccc2NC2=C(C(=O)CCC2)[C@H]1c1ccco1. The Labute approximate surface area is 196 Å². The van der Waals surface area contributed by atoms with Crippen LogP contribution in [0, 0.1) is 0 Å². The number of hydrogen-bond donors (Lipinski definition) is 2. The topological polar surface area (TPSA) is 83.8 Å². The van der Waals surface area contributed by atoms with Crippen LogP contribution >= 0.6 is 11.6 Å². The monoisotopic (exact) mass is 463 g/mol. The first-order valence-corrected chi connectivity index (χ1v) is 11.0. The molecule has 2 heterocycles. The van der Waals surface area contributed by atoms with Crippen molar-refractivity contribution in [2.75, 3.05) is 22.6 Å². The number of ether oxygens (including phenoxy) is 1. The van der Waals surface area contributed by atoms with Crippen LogP contribution in [0.15, 0.2) is 76.5 Å². The lowest BCUT2D eigenvalue weighted by Crippen LogP contribution is -2.40. The van der Waals surface area contributed by atoms with E-state index in [2.05, 4.69) is 10.6 Å². The summed E-state index contributed by atoms with van der Waals surface area (Å²) in [6.45, 7) is 0. The van der Waals surface area contributed by atoms with Gasteiger partial charge in [0.1, 0.15) is 17.6 Å². The summed E-state index contributed by atoms with van der Waals surface area (Å²) in [5.74, 6) is 0.970. The Hall–Kier alpha value is -3.71. The van der Waals surface area contributed by atoms with Crippen molar-refractivity contribution in [3.05, 3.63) is 82.9 Å². The molecule has 1 aliphatic heterocycles. The summed E-state index contributed by atoms with van der Waals surface area (Å²) >= 11 is 6.17. The van der Waals surface area contributed by atoms with Crippen molar-refractivity contribution < 1.29 is 18.7 Å². The molecule has 3 aromatic rings. The van der Waals surface area contributed by atoms with Crippen LogP contribution in [0.25, 0.3) is 0 Å². The summed E-state index contributed by atoms with van der Waals surface area (Å²) in [7, 11) is 1.52. The number of urea groups is 1. The molecule has 2 amide bonds. The second kappa shape index (κ2) is 8.67. The van der Waals surface area contributed by atoms with Gasteiger partial charge in [0.2, 0.25) is 0 Å². The molecular formula is C25H22ClN3O4. The predicted molar refractivity (Wildman–Crippen MR) is 127 cm³/mol. The summed E-state index contributed by atoms with van der Waals surface area (Å²) in [5.41, 5.74) is 3.14. The van der Waals surface area contributed by atoms with E-state index in [9.17, 15) is 9.59 Å². The number of amides is 2. The fraction of sp³-hybridized carbons (Fsp3) is 0.200. The second-order valence-electron chi connectivity index (χ2n) is 7.87. The average Bonchev–Trinajstić information content (AvgIpc) is 3.28. The summed E-state index contributed by atoms with van der Waals surface area (Å²) < 4.78 is 11.2. The van der Waals surface area contributed by atoms with E-state index < -0.39 is 12.1 Å². The Bertz CT molecular complexity index is 1250. The maximum atomic E-state index is 13.9. The number of carbonyl (C=O) groups excluding carboxylic acids is 2. The number of hydrogen-bond acceptors (Lipinski definition) is 5. The van der Waals surface area contributed by atoms with Gasteiger partial charge in [-0.25, -0.2) is 4.79 Å². The molecule has 0 saturated carbocycles. The van der Waals surface area contributed by atoms with Gasteiger partial charge in [0.25, 0.3) is 0 Å². The number of ketones is 1. The van der Waals surface area contributed by atoms with Crippen LogP contribution in [-0.4, -0.2) is 18.9 Å².